The zero-order chi connectivity index (χ0) is 25.6. The number of ether oxygens (including phenoxy) is 2. The summed E-state index contributed by atoms with van der Waals surface area (Å²) in [6, 6.07) is 14.3. The van der Waals surface area contributed by atoms with Crippen LogP contribution in [-0.4, -0.2) is 25.2 Å². The van der Waals surface area contributed by atoms with E-state index in [1.54, 1.807) is 43.5 Å². The molecule has 4 aromatic rings. The first kappa shape index (κ1) is 23.1. The number of aromatic nitrogens is 1. The Kier molecular flexibility index (Phi) is 5.65. The van der Waals surface area contributed by atoms with Gasteiger partial charge in [-0.3, -0.25) is 4.79 Å². The number of methoxy groups -OCH3 is 1. The largest absolute Gasteiger partial charge is 0.497 e. The lowest BCUT2D eigenvalue weighted by Crippen LogP contribution is -2.29. The molecule has 0 saturated carbocycles. The molecule has 0 aliphatic carbocycles. The van der Waals surface area contributed by atoms with E-state index in [1.807, 2.05) is 26.0 Å². The second-order valence-corrected chi connectivity index (χ2v) is 8.42. The number of nitrogens with two attached hydrogens (primary N) is 1. The molecule has 0 fully saturated rings. The maximum Gasteiger partial charge on any atom is 0.344 e. The van der Waals surface area contributed by atoms with Gasteiger partial charge in [-0.05, 0) is 50.2 Å². The predicted molar refractivity (Wildman–Crippen MR) is 136 cm³/mol. The number of benzene rings is 2. The lowest BCUT2D eigenvalue weighted by Gasteiger charge is -2.26. The zero-order valence-electron chi connectivity index (χ0n) is 20.0. The van der Waals surface area contributed by atoms with E-state index >= 15 is 0 Å². The molecule has 2 aromatic carbocycles. The molecule has 9 heteroatoms. The standard InChI is InChI=1S/C27H24N4O5/c1-4-31(5-2)15-6-8-17-21(12-15)35-27(33)23-22(19(13-28)25(29)36-24(17)23)18-11-14-10-16(34-3)7-9-20(14)30-26(18)32/h6-12,22H,4-5,29H2,1-3H3,(H,30,32). The van der Waals surface area contributed by atoms with Crippen LogP contribution in [0.15, 0.2) is 67.9 Å². The van der Waals surface area contributed by atoms with E-state index in [2.05, 4.69) is 9.88 Å². The number of aromatic amines is 1. The fourth-order valence-electron chi connectivity index (χ4n) is 4.75. The van der Waals surface area contributed by atoms with E-state index in [0.717, 1.165) is 18.8 Å². The van der Waals surface area contributed by atoms with E-state index in [0.29, 0.717) is 27.6 Å². The van der Waals surface area contributed by atoms with Crippen molar-refractivity contribution in [2.75, 3.05) is 25.1 Å². The van der Waals surface area contributed by atoms with E-state index in [9.17, 15) is 14.9 Å². The molecule has 1 aliphatic rings. The van der Waals surface area contributed by atoms with Crippen LogP contribution in [0.5, 0.6) is 11.5 Å². The molecule has 1 aliphatic heterocycles. The maximum absolute atomic E-state index is 13.4. The van der Waals surface area contributed by atoms with Crippen LogP contribution in [0, 0.1) is 11.3 Å². The zero-order valence-corrected chi connectivity index (χ0v) is 20.0. The predicted octanol–water partition coefficient (Wildman–Crippen LogP) is 3.71. The first-order valence-corrected chi connectivity index (χ1v) is 11.5. The van der Waals surface area contributed by atoms with Gasteiger partial charge in [-0.15, -0.1) is 0 Å². The van der Waals surface area contributed by atoms with Gasteiger partial charge in [-0.25, -0.2) is 4.79 Å². The summed E-state index contributed by atoms with van der Waals surface area (Å²) in [6.45, 7) is 5.64. The first-order valence-electron chi connectivity index (χ1n) is 11.5. The van der Waals surface area contributed by atoms with Gasteiger partial charge in [-0.1, -0.05) is 0 Å². The molecular weight excluding hydrogens is 460 g/mol. The highest BCUT2D eigenvalue weighted by atomic mass is 16.5. The number of nitrogens with one attached hydrogen (secondary N) is 1. The Balaban J connectivity index is 1.79. The van der Waals surface area contributed by atoms with E-state index < -0.39 is 17.1 Å². The number of anilines is 1. The average molecular weight is 485 g/mol. The van der Waals surface area contributed by atoms with Crippen molar-refractivity contribution in [3.63, 3.8) is 0 Å². The Bertz CT molecular complexity index is 1710. The van der Waals surface area contributed by atoms with Crippen LogP contribution in [0.25, 0.3) is 21.9 Å². The van der Waals surface area contributed by atoms with Crippen LogP contribution in [0.2, 0.25) is 0 Å². The molecule has 1 unspecified atom stereocenters. The average Bonchev–Trinajstić information content (AvgIpc) is 2.88. The Morgan fingerprint density at radius 3 is 2.61 bits per heavy atom. The molecular formula is C27H24N4O5. The molecule has 3 N–H and O–H groups in total. The van der Waals surface area contributed by atoms with Crippen LogP contribution in [0.1, 0.15) is 30.9 Å². The van der Waals surface area contributed by atoms with E-state index in [1.165, 1.54) is 0 Å². The van der Waals surface area contributed by atoms with Crippen molar-refractivity contribution in [3.8, 4) is 17.6 Å². The summed E-state index contributed by atoms with van der Waals surface area (Å²) in [5.41, 5.74) is 6.99. The SMILES string of the molecule is CCN(CC)c1ccc2c3c(c(=O)oc2c1)C(c1cc2cc(OC)ccc2[nH]c1=O)C(C#N)=C(N)O3. The smallest absolute Gasteiger partial charge is 0.344 e. The summed E-state index contributed by atoms with van der Waals surface area (Å²) in [6.07, 6.45) is 0. The van der Waals surface area contributed by atoms with Crippen molar-refractivity contribution < 1.29 is 13.9 Å². The molecule has 182 valence electrons. The quantitative estimate of drug-likeness (QED) is 0.410. The lowest BCUT2D eigenvalue weighted by atomic mass is 9.84. The van der Waals surface area contributed by atoms with Gasteiger partial charge < -0.3 is 29.5 Å². The van der Waals surface area contributed by atoms with Crippen molar-refractivity contribution in [2.24, 2.45) is 5.73 Å². The first-order chi connectivity index (χ1) is 17.4. The number of H-pyrrole nitrogens is 1. The summed E-state index contributed by atoms with van der Waals surface area (Å²) < 4.78 is 16.8. The number of hydrogen-bond donors (Lipinski definition) is 2. The highest BCUT2D eigenvalue weighted by molar-refractivity contribution is 5.89. The Morgan fingerprint density at radius 2 is 1.92 bits per heavy atom. The van der Waals surface area contributed by atoms with Gasteiger partial charge in [-0.2, -0.15) is 5.26 Å². The van der Waals surface area contributed by atoms with E-state index in [-0.39, 0.29) is 28.3 Å². The van der Waals surface area contributed by atoms with Gasteiger partial charge >= 0.3 is 5.63 Å². The van der Waals surface area contributed by atoms with Gasteiger partial charge in [0.2, 0.25) is 5.88 Å². The van der Waals surface area contributed by atoms with Crippen molar-refractivity contribution in [1.82, 2.24) is 4.98 Å². The van der Waals surface area contributed by atoms with Crippen LogP contribution in [-0.2, 0) is 0 Å². The van der Waals surface area contributed by atoms with Gasteiger partial charge in [0.1, 0.15) is 23.0 Å². The molecule has 0 spiro atoms. The fourth-order valence-corrected chi connectivity index (χ4v) is 4.75. The highest BCUT2D eigenvalue weighted by Crippen LogP contribution is 2.43. The highest BCUT2D eigenvalue weighted by Gasteiger charge is 2.37. The van der Waals surface area contributed by atoms with Crippen LogP contribution >= 0.6 is 0 Å². The van der Waals surface area contributed by atoms with Crippen LogP contribution < -0.4 is 31.3 Å². The third-order valence-corrected chi connectivity index (χ3v) is 6.57. The molecule has 0 radical (unpaired) electrons. The number of nitrogens with zero attached hydrogens (tertiary/aromatic N) is 2. The molecule has 36 heavy (non-hydrogen) atoms. The number of allylic oxidation sites excluding steroid dienone is 1. The van der Waals surface area contributed by atoms with Crippen molar-refractivity contribution in [2.45, 2.75) is 19.8 Å². The molecule has 0 bridgehead atoms. The minimum Gasteiger partial charge on any atom is -0.497 e. The maximum atomic E-state index is 13.4. The normalized spacial score (nSPS) is 14.9. The third kappa shape index (κ3) is 3.55. The van der Waals surface area contributed by atoms with Gasteiger partial charge in [0.05, 0.1) is 24.0 Å². The minimum absolute atomic E-state index is 0.0401. The summed E-state index contributed by atoms with van der Waals surface area (Å²) >= 11 is 0. The monoisotopic (exact) mass is 484 g/mol. The lowest BCUT2D eigenvalue weighted by molar-refractivity contribution is 0.388. The summed E-state index contributed by atoms with van der Waals surface area (Å²) in [5, 5.41) is 11.1. The van der Waals surface area contributed by atoms with Crippen molar-refractivity contribution in [3.05, 3.63) is 85.8 Å². The van der Waals surface area contributed by atoms with Crippen molar-refractivity contribution >= 4 is 27.6 Å². The number of fused-ring (bicyclic) bond motifs is 4. The van der Waals surface area contributed by atoms with Crippen LogP contribution in [0.3, 0.4) is 0 Å². The van der Waals surface area contributed by atoms with Gasteiger partial charge in [0.25, 0.3) is 5.56 Å². The molecule has 2 aromatic heterocycles. The number of rotatable bonds is 5. The molecule has 1 atom stereocenters. The second-order valence-electron chi connectivity index (χ2n) is 8.42. The van der Waals surface area contributed by atoms with Gasteiger partial charge in [0, 0.05) is 41.3 Å². The summed E-state index contributed by atoms with van der Waals surface area (Å²) in [5.74, 6) is -0.460. The molecule has 0 saturated heterocycles. The Morgan fingerprint density at radius 1 is 1.14 bits per heavy atom. The minimum atomic E-state index is -1.07. The van der Waals surface area contributed by atoms with Crippen molar-refractivity contribution in [1.29, 1.82) is 5.26 Å². The number of hydrogen-bond acceptors (Lipinski definition) is 8. The summed E-state index contributed by atoms with van der Waals surface area (Å²) in [4.78, 5) is 31.5. The molecule has 5 rings (SSSR count). The molecule has 9 nitrogen and oxygen atoms in total. The topological polar surface area (TPSA) is 135 Å². The van der Waals surface area contributed by atoms with Gasteiger partial charge in [0.15, 0.2) is 5.75 Å². The number of nitriles is 1. The second kappa shape index (κ2) is 8.82. The third-order valence-electron chi connectivity index (χ3n) is 6.57. The number of pyridine rings is 1. The summed E-state index contributed by atoms with van der Waals surface area (Å²) in [7, 11) is 1.54. The molecule has 0 amide bonds. The fraction of sp³-hybridized carbons (Fsp3) is 0.222. The molecule has 3 heterocycles. The Hall–Kier alpha value is -4.71. The Labute approximate surface area is 206 Å². The van der Waals surface area contributed by atoms with Crippen LogP contribution in [0.4, 0.5) is 5.69 Å². The van der Waals surface area contributed by atoms with E-state index in [4.69, 9.17) is 19.6 Å².